The average molecular weight is 311 g/mol. The second-order valence-corrected chi connectivity index (χ2v) is 5.37. The van der Waals surface area contributed by atoms with Gasteiger partial charge in [0.25, 0.3) is 5.69 Å². The van der Waals surface area contributed by atoms with Crippen LogP contribution in [0.3, 0.4) is 0 Å². The van der Waals surface area contributed by atoms with Crippen molar-refractivity contribution in [3.8, 4) is 0 Å². The van der Waals surface area contributed by atoms with Crippen LogP contribution in [0.25, 0.3) is 0 Å². The number of hydrogen-bond donors (Lipinski definition) is 2. The van der Waals surface area contributed by atoms with Gasteiger partial charge in [0.15, 0.2) is 0 Å². The van der Waals surface area contributed by atoms with Gasteiger partial charge < -0.3 is 15.3 Å². The topological polar surface area (TPSA) is 113 Å². The van der Waals surface area contributed by atoms with E-state index in [1.165, 1.54) is 22.7 Å². The second-order valence-electron chi connectivity index (χ2n) is 4.37. The van der Waals surface area contributed by atoms with E-state index in [9.17, 15) is 19.7 Å². The summed E-state index contributed by atoms with van der Waals surface area (Å²) in [5.41, 5.74) is 0.290. The number of nitrogens with one attached hydrogen (secondary N) is 1. The van der Waals surface area contributed by atoms with Crippen molar-refractivity contribution in [3.63, 3.8) is 0 Å². The average Bonchev–Trinajstić information content (AvgIpc) is 2.94. The van der Waals surface area contributed by atoms with E-state index in [1.807, 2.05) is 0 Å². The molecule has 1 heterocycles. The quantitative estimate of drug-likeness (QED) is 0.639. The number of nitro benzene ring substituents is 1. The Morgan fingerprint density at radius 2 is 2.19 bits per heavy atom. The number of nitro groups is 1. The summed E-state index contributed by atoms with van der Waals surface area (Å²) >= 11 is 1.35. The molecular formula is C12H13N3O5S. The van der Waals surface area contributed by atoms with Gasteiger partial charge in [0.2, 0.25) is 0 Å². The summed E-state index contributed by atoms with van der Waals surface area (Å²) in [5.74, 6) is -0.422. The number of urea groups is 1. The van der Waals surface area contributed by atoms with Gasteiger partial charge >= 0.3 is 12.0 Å². The molecule has 0 bridgehead atoms. The fourth-order valence-corrected chi connectivity index (χ4v) is 3.10. The van der Waals surface area contributed by atoms with Crippen LogP contribution in [0.5, 0.6) is 0 Å². The van der Waals surface area contributed by atoms with Crippen molar-refractivity contribution in [2.24, 2.45) is 0 Å². The molecule has 0 aromatic heterocycles. The molecule has 1 aromatic carbocycles. The van der Waals surface area contributed by atoms with Crippen LogP contribution in [-0.2, 0) is 11.3 Å². The molecule has 1 aliphatic heterocycles. The predicted molar refractivity (Wildman–Crippen MR) is 75.9 cm³/mol. The molecule has 112 valence electrons. The lowest BCUT2D eigenvalue weighted by Crippen LogP contribution is -2.46. The summed E-state index contributed by atoms with van der Waals surface area (Å²) in [6, 6.07) is 4.69. The van der Waals surface area contributed by atoms with Gasteiger partial charge in [-0.15, -0.1) is 11.8 Å². The first-order chi connectivity index (χ1) is 10.0. The van der Waals surface area contributed by atoms with E-state index in [4.69, 9.17) is 5.11 Å². The smallest absolute Gasteiger partial charge is 0.327 e. The van der Waals surface area contributed by atoms with E-state index in [0.29, 0.717) is 17.2 Å². The Morgan fingerprint density at radius 1 is 1.48 bits per heavy atom. The molecule has 0 aliphatic carbocycles. The lowest BCUT2D eigenvalue weighted by Gasteiger charge is -2.20. The summed E-state index contributed by atoms with van der Waals surface area (Å²) in [4.78, 5) is 34.5. The first kappa shape index (κ1) is 15.1. The highest BCUT2D eigenvalue weighted by atomic mass is 32.2. The van der Waals surface area contributed by atoms with Gasteiger partial charge in [-0.25, -0.2) is 9.59 Å². The van der Waals surface area contributed by atoms with Crippen LogP contribution < -0.4 is 5.32 Å². The molecule has 1 unspecified atom stereocenters. The molecule has 8 nitrogen and oxygen atoms in total. The lowest BCUT2D eigenvalue weighted by molar-refractivity contribution is -0.385. The van der Waals surface area contributed by atoms with Gasteiger partial charge in [0.05, 0.1) is 17.3 Å². The minimum atomic E-state index is -1.05. The number of benzene rings is 1. The first-order valence-electron chi connectivity index (χ1n) is 6.08. The van der Waals surface area contributed by atoms with Gasteiger partial charge in [0, 0.05) is 17.4 Å². The van der Waals surface area contributed by atoms with Gasteiger partial charge in [-0.05, 0) is 0 Å². The Morgan fingerprint density at radius 3 is 2.86 bits per heavy atom. The van der Waals surface area contributed by atoms with E-state index in [-0.39, 0.29) is 12.2 Å². The largest absolute Gasteiger partial charge is 0.480 e. The minimum absolute atomic E-state index is 0.0243. The number of amides is 2. The Hall–Kier alpha value is -2.29. The zero-order chi connectivity index (χ0) is 15.4. The zero-order valence-corrected chi connectivity index (χ0v) is 11.7. The van der Waals surface area contributed by atoms with Crippen LogP contribution >= 0.6 is 11.8 Å². The minimum Gasteiger partial charge on any atom is -0.480 e. The number of hydrogen-bond acceptors (Lipinski definition) is 5. The van der Waals surface area contributed by atoms with Crippen molar-refractivity contribution in [1.82, 2.24) is 10.2 Å². The Kier molecular flexibility index (Phi) is 4.63. The van der Waals surface area contributed by atoms with Gasteiger partial charge in [-0.3, -0.25) is 10.1 Å². The molecule has 1 saturated heterocycles. The standard InChI is InChI=1S/C12H13N3O5S/c16-11(17)10-6-21-7-14(10)12(18)13-5-8-3-1-2-4-9(8)15(19)20/h1-4,10H,5-7H2,(H,13,18)(H,16,17). The first-order valence-corrected chi connectivity index (χ1v) is 7.23. The number of thioether (sulfide) groups is 1. The van der Waals surface area contributed by atoms with Crippen LogP contribution in [0.4, 0.5) is 10.5 Å². The van der Waals surface area contributed by atoms with Crippen molar-refractivity contribution >= 4 is 29.4 Å². The van der Waals surface area contributed by atoms with Crippen molar-refractivity contribution < 1.29 is 19.6 Å². The second kappa shape index (κ2) is 6.44. The summed E-state index contributed by atoms with van der Waals surface area (Å²) in [5, 5.41) is 22.4. The Bertz CT molecular complexity index is 580. The van der Waals surface area contributed by atoms with Crippen molar-refractivity contribution in [1.29, 1.82) is 0 Å². The van der Waals surface area contributed by atoms with Crippen LogP contribution in [-0.4, -0.2) is 44.6 Å². The SMILES string of the molecule is O=C(O)C1CSCN1C(=O)NCc1ccccc1[N+](=O)[O-]. The summed E-state index contributed by atoms with van der Waals surface area (Å²) < 4.78 is 0. The molecule has 0 saturated carbocycles. The molecule has 2 amide bonds. The van der Waals surface area contributed by atoms with Gasteiger partial charge in [-0.2, -0.15) is 0 Å². The molecule has 1 aliphatic rings. The highest BCUT2D eigenvalue weighted by Crippen LogP contribution is 2.21. The zero-order valence-electron chi connectivity index (χ0n) is 10.9. The van der Waals surface area contributed by atoms with Crippen molar-refractivity contribution in [2.75, 3.05) is 11.6 Å². The molecule has 0 spiro atoms. The number of carboxylic acids is 1. The monoisotopic (exact) mass is 311 g/mol. The molecule has 9 heteroatoms. The van der Waals surface area contributed by atoms with Gasteiger partial charge in [-0.1, -0.05) is 18.2 Å². The maximum absolute atomic E-state index is 12.0. The number of aliphatic carboxylic acids is 1. The number of carbonyl (C=O) groups excluding carboxylic acids is 1. The van der Waals surface area contributed by atoms with Crippen LogP contribution in [0, 0.1) is 10.1 Å². The molecule has 2 rings (SSSR count). The number of rotatable bonds is 4. The Balaban J connectivity index is 2.02. The molecule has 0 radical (unpaired) electrons. The fraction of sp³-hybridized carbons (Fsp3) is 0.333. The van der Waals surface area contributed by atoms with E-state index in [1.54, 1.807) is 18.2 Å². The molecule has 2 N–H and O–H groups in total. The maximum atomic E-state index is 12.0. The predicted octanol–water partition coefficient (Wildman–Crippen LogP) is 1.26. The molecule has 21 heavy (non-hydrogen) atoms. The highest BCUT2D eigenvalue weighted by Gasteiger charge is 2.34. The van der Waals surface area contributed by atoms with E-state index < -0.39 is 23.0 Å². The van der Waals surface area contributed by atoms with Crippen molar-refractivity contribution in [2.45, 2.75) is 12.6 Å². The van der Waals surface area contributed by atoms with Crippen LogP contribution in [0.1, 0.15) is 5.56 Å². The third kappa shape index (κ3) is 3.43. The van der Waals surface area contributed by atoms with Crippen molar-refractivity contribution in [3.05, 3.63) is 39.9 Å². The van der Waals surface area contributed by atoms with Crippen LogP contribution in [0.15, 0.2) is 24.3 Å². The number of carboxylic acid groups (broad SMARTS) is 1. The van der Waals surface area contributed by atoms with E-state index in [2.05, 4.69) is 5.32 Å². The highest BCUT2D eigenvalue weighted by molar-refractivity contribution is 7.99. The third-order valence-corrected chi connectivity index (χ3v) is 4.06. The number of nitrogens with zero attached hydrogens (tertiary/aromatic N) is 2. The van der Waals surface area contributed by atoms with Crippen LogP contribution in [0.2, 0.25) is 0 Å². The summed E-state index contributed by atoms with van der Waals surface area (Å²) in [6.45, 7) is -0.0243. The third-order valence-electron chi connectivity index (χ3n) is 3.05. The normalized spacial score (nSPS) is 17.5. The molecule has 1 atom stereocenters. The van der Waals surface area contributed by atoms with Gasteiger partial charge in [0.1, 0.15) is 6.04 Å². The summed E-state index contributed by atoms with van der Waals surface area (Å²) in [7, 11) is 0. The van der Waals surface area contributed by atoms with E-state index in [0.717, 1.165) is 0 Å². The molecule has 1 fully saturated rings. The maximum Gasteiger partial charge on any atom is 0.327 e. The lowest BCUT2D eigenvalue weighted by atomic mass is 10.2. The molecule has 1 aromatic rings. The molecular weight excluding hydrogens is 298 g/mol. The van der Waals surface area contributed by atoms with E-state index >= 15 is 0 Å². The number of carbonyl (C=O) groups is 2. The number of para-hydroxylation sites is 1. The summed E-state index contributed by atoms with van der Waals surface area (Å²) in [6.07, 6.45) is 0. The Labute approximate surface area is 124 Å². The fourth-order valence-electron chi connectivity index (χ4n) is 1.96.